The van der Waals surface area contributed by atoms with E-state index in [1.165, 1.54) is 0 Å². The summed E-state index contributed by atoms with van der Waals surface area (Å²) < 4.78 is 10.6. The van der Waals surface area contributed by atoms with Crippen molar-refractivity contribution in [3.8, 4) is 5.75 Å². The van der Waals surface area contributed by atoms with Crippen LogP contribution in [0.3, 0.4) is 0 Å². The first-order valence-electron chi connectivity index (χ1n) is 5.30. The first-order chi connectivity index (χ1) is 7.79. The molecule has 90 valence electrons. The van der Waals surface area contributed by atoms with E-state index < -0.39 is 0 Å². The second kappa shape index (κ2) is 7.22. The van der Waals surface area contributed by atoms with Gasteiger partial charge in [0, 0.05) is 5.56 Å². The first-order valence-corrected chi connectivity index (χ1v) is 5.30. The molecular formula is C12H18O4. The average molecular weight is 226 g/mol. The van der Waals surface area contributed by atoms with Gasteiger partial charge in [-0.3, -0.25) is 0 Å². The van der Waals surface area contributed by atoms with Crippen LogP contribution in [0.2, 0.25) is 0 Å². The summed E-state index contributed by atoms with van der Waals surface area (Å²) in [5, 5.41) is 17.6. The Balaban J connectivity index is 2.46. The van der Waals surface area contributed by atoms with Gasteiger partial charge in [0.25, 0.3) is 0 Å². The summed E-state index contributed by atoms with van der Waals surface area (Å²) in [6, 6.07) is 5.65. The number of benzene rings is 1. The highest BCUT2D eigenvalue weighted by molar-refractivity contribution is 5.40. The van der Waals surface area contributed by atoms with Crippen LogP contribution in [0.4, 0.5) is 0 Å². The molecule has 0 saturated carbocycles. The molecule has 0 aliphatic rings. The molecule has 0 heterocycles. The zero-order valence-electron chi connectivity index (χ0n) is 9.48. The molecule has 0 amide bonds. The van der Waals surface area contributed by atoms with Crippen LogP contribution in [0.15, 0.2) is 18.2 Å². The van der Waals surface area contributed by atoms with Gasteiger partial charge in [0.1, 0.15) is 12.4 Å². The van der Waals surface area contributed by atoms with Crippen molar-refractivity contribution in [3.63, 3.8) is 0 Å². The Morgan fingerprint density at radius 3 is 2.62 bits per heavy atom. The summed E-state index contributed by atoms with van der Waals surface area (Å²) in [6.07, 6.45) is 0. The fraction of sp³-hybridized carbons (Fsp3) is 0.500. The lowest BCUT2D eigenvalue weighted by molar-refractivity contribution is 0.0698. The van der Waals surface area contributed by atoms with Crippen molar-refractivity contribution in [2.75, 3.05) is 26.4 Å². The molecule has 0 unspecified atom stereocenters. The Morgan fingerprint density at radius 1 is 1.12 bits per heavy atom. The molecule has 1 aromatic rings. The molecule has 0 aliphatic carbocycles. The van der Waals surface area contributed by atoms with Gasteiger partial charge in [0.15, 0.2) is 0 Å². The molecule has 2 N–H and O–H groups in total. The van der Waals surface area contributed by atoms with Gasteiger partial charge in [-0.1, -0.05) is 18.2 Å². The standard InChI is InChI=1S/C12H18O4/c1-10-3-2-4-11(9-14)12(10)16-8-7-15-6-5-13/h2-4,13-14H,5-9H2,1H3. The molecule has 0 fully saturated rings. The van der Waals surface area contributed by atoms with Crippen LogP contribution in [0, 0.1) is 6.92 Å². The van der Waals surface area contributed by atoms with Crippen LogP contribution in [0.1, 0.15) is 11.1 Å². The van der Waals surface area contributed by atoms with E-state index in [4.69, 9.17) is 19.7 Å². The van der Waals surface area contributed by atoms with E-state index in [0.29, 0.717) is 19.8 Å². The fourth-order valence-electron chi connectivity index (χ4n) is 1.41. The lowest BCUT2D eigenvalue weighted by atomic mass is 10.1. The Kier molecular flexibility index (Phi) is 5.85. The van der Waals surface area contributed by atoms with Gasteiger partial charge < -0.3 is 19.7 Å². The van der Waals surface area contributed by atoms with E-state index in [1.807, 2.05) is 25.1 Å². The zero-order valence-corrected chi connectivity index (χ0v) is 9.48. The third-order valence-electron chi connectivity index (χ3n) is 2.17. The first kappa shape index (κ1) is 13.0. The van der Waals surface area contributed by atoms with Crippen LogP contribution in [0.5, 0.6) is 5.75 Å². The number of para-hydroxylation sites is 1. The quantitative estimate of drug-likeness (QED) is 0.677. The van der Waals surface area contributed by atoms with Crippen molar-refractivity contribution < 1.29 is 19.7 Å². The summed E-state index contributed by atoms with van der Waals surface area (Å²) in [5.41, 5.74) is 1.77. The molecule has 0 saturated heterocycles. The number of hydrogen-bond donors (Lipinski definition) is 2. The summed E-state index contributed by atoms with van der Waals surface area (Å²) in [7, 11) is 0. The predicted molar refractivity (Wildman–Crippen MR) is 60.5 cm³/mol. The number of ether oxygens (including phenoxy) is 2. The van der Waals surface area contributed by atoms with Gasteiger partial charge in [-0.05, 0) is 12.5 Å². The van der Waals surface area contributed by atoms with Crippen LogP contribution in [-0.2, 0) is 11.3 Å². The third kappa shape index (κ3) is 3.81. The molecule has 4 nitrogen and oxygen atoms in total. The van der Waals surface area contributed by atoms with Crippen LogP contribution >= 0.6 is 0 Å². The Hall–Kier alpha value is -1.10. The van der Waals surface area contributed by atoms with Crippen molar-refractivity contribution in [1.29, 1.82) is 0 Å². The van der Waals surface area contributed by atoms with Crippen LogP contribution < -0.4 is 4.74 Å². The molecule has 0 spiro atoms. The monoisotopic (exact) mass is 226 g/mol. The molecule has 16 heavy (non-hydrogen) atoms. The van der Waals surface area contributed by atoms with Gasteiger partial charge in [-0.25, -0.2) is 0 Å². The molecule has 0 bridgehead atoms. The van der Waals surface area contributed by atoms with Gasteiger partial charge in [-0.15, -0.1) is 0 Å². The van der Waals surface area contributed by atoms with Crippen molar-refractivity contribution in [1.82, 2.24) is 0 Å². The van der Waals surface area contributed by atoms with Gasteiger partial charge >= 0.3 is 0 Å². The van der Waals surface area contributed by atoms with E-state index in [2.05, 4.69) is 0 Å². The molecule has 4 heteroatoms. The molecule has 0 aliphatic heterocycles. The minimum absolute atomic E-state index is 0.0201. The van der Waals surface area contributed by atoms with Crippen LogP contribution in [-0.4, -0.2) is 36.6 Å². The molecular weight excluding hydrogens is 208 g/mol. The van der Waals surface area contributed by atoms with Crippen molar-refractivity contribution >= 4 is 0 Å². The highest BCUT2D eigenvalue weighted by Gasteiger charge is 2.05. The lowest BCUT2D eigenvalue weighted by Crippen LogP contribution is -2.10. The maximum Gasteiger partial charge on any atom is 0.127 e. The SMILES string of the molecule is Cc1cccc(CO)c1OCCOCCO. The van der Waals surface area contributed by atoms with Gasteiger partial charge in [0.05, 0.1) is 26.4 Å². The molecule has 1 aromatic carbocycles. The summed E-state index contributed by atoms with van der Waals surface area (Å²) in [4.78, 5) is 0. The maximum absolute atomic E-state index is 9.14. The fourth-order valence-corrected chi connectivity index (χ4v) is 1.41. The normalized spacial score (nSPS) is 10.4. The Morgan fingerprint density at radius 2 is 1.94 bits per heavy atom. The predicted octanol–water partition coefficient (Wildman–Crippen LogP) is 0.875. The van der Waals surface area contributed by atoms with Crippen LogP contribution in [0.25, 0.3) is 0 Å². The van der Waals surface area contributed by atoms with Gasteiger partial charge in [-0.2, -0.15) is 0 Å². The van der Waals surface area contributed by atoms with Crippen molar-refractivity contribution in [3.05, 3.63) is 29.3 Å². The molecule has 1 rings (SSSR count). The van der Waals surface area contributed by atoms with E-state index in [9.17, 15) is 0 Å². The van der Waals surface area contributed by atoms with E-state index in [0.717, 1.165) is 16.9 Å². The van der Waals surface area contributed by atoms with E-state index in [1.54, 1.807) is 0 Å². The number of rotatable bonds is 7. The largest absolute Gasteiger partial charge is 0.491 e. The van der Waals surface area contributed by atoms with Crippen molar-refractivity contribution in [2.24, 2.45) is 0 Å². The number of hydrogen-bond acceptors (Lipinski definition) is 4. The highest BCUT2D eigenvalue weighted by atomic mass is 16.5. The summed E-state index contributed by atoms with van der Waals surface area (Å²) in [6.45, 7) is 3.09. The van der Waals surface area contributed by atoms with E-state index >= 15 is 0 Å². The minimum atomic E-state index is -0.0332. The highest BCUT2D eigenvalue weighted by Crippen LogP contribution is 2.23. The smallest absolute Gasteiger partial charge is 0.127 e. The average Bonchev–Trinajstić information content (AvgIpc) is 2.30. The summed E-state index contributed by atoms with van der Waals surface area (Å²) in [5.74, 6) is 0.720. The van der Waals surface area contributed by atoms with Gasteiger partial charge in [0.2, 0.25) is 0 Å². The Bertz CT molecular complexity index is 312. The minimum Gasteiger partial charge on any atom is -0.491 e. The molecule has 0 atom stereocenters. The molecule has 0 aromatic heterocycles. The lowest BCUT2D eigenvalue weighted by Gasteiger charge is -2.12. The topological polar surface area (TPSA) is 58.9 Å². The number of aryl methyl sites for hydroxylation is 1. The second-order valence-corrected chi connectivity index (χ2v) is 3.41. The second-order valence-electron chi connectivity index (χ2n) is 3.41. The third-order valence-corrected chi connectivity index (χ3v) is 2.17. The number of aliphatic hydroxyl groups excluding tert-OH is 2. The maximum atomic E-state index is 9.14. The Labute approximate surface area is 95.4 Å². The van der Waals surface area contributed by atoms with Crippen molar-refractivity contribution in [2.45, 2.75) is 13.5 Å². The molecule has 0 radical (unpaired) electrons. The van der Waals surface area contributed by atoms with E-state index in [-0.39, 0.29) is 13.2 Å². The summed E-state index contributed by atoms with van der Waals surface area (Å²) >= 11 is 0. The zero-order chi connectivity index (χ0) is 11.8. The number of aliphatic hydroxyl groups is 2.